The smallest absolute Gasteiger partial charge is 0.367 e. The summed E-state index contributed by atoms with van der Waals surface area (Å²) in [5.74, 6) is 0. The highest BCUT2D eigenvalue weighted by molar-refractivity contribution is 5.79. The maximum Gasteiger partial charge on any atom is 0.367 e. The van der Waals surface area contributed by atoms with Crippen molar-refractivity contribution in [2.45, 2.75) is 0 Å². The molecule has 0 aliphatic rings. The van der Waals surface area contributed by atoms with Crippen LogP contribution in [0, 0.1) is 0 Å². The monoisotopic (exact) mass is 187 g/mol. The van der Waals surface area contributed by atoms with E-state index in [9.17, 15) is 4.79 Å². The summed E-state index contributed by atoms with van der Waals surface area (Å²) in [6.07, 6.45) is 3.49. The Morgan fingerprint density at radius 2 is 1.83 bits per heavy atom. The van der Waals surface area contributed by atoms with Gasteiger partial charge in [0.25, 0.3) is 0 Å². The third-order valence-electron chi connectivity index (χ3n) is 1.17. The molecule has 0 radical (unpaired) electrons. The topological polar surface area (TPSA) is 45.0 Å². The van der Waals surface area contributed by atoms with Crippen LogP contribution < -0.4 is 27.8 Å². The predicted octanol–water partition coefficient (Wildman–Crippen LogP) is -3.14. The molecule has 1 heterocycles. The third-order valence-corrected chi connectivity index (χ3v) is 1.17. The lowest BCUT2D eigenvalue weighted by molar-refractivity contribution is -0.641. The van der Waals surface area contributed by atoms with Crippen molar-refractivity contribution in [1.82, 2.24) is 5.32 Å². The molecule has 5 heteroatoms. The normalized spacial score (nSPS) is 8.08. The first kappa shape index (κ1) is 10.7. The van der Waals surface area contributed by atoms with Crippen LogP contribution in [0.2, 0.25) is 0 Å². The lowest BCUT2D eigenvalue weighted by atomic mass is 10.5. The number of halogens is 1. The van der Waals surface area contributed by atoms with Crippen molar-refractivity contribution in [3.63, 3.8) is 0 Å². The standard InChI is InChI=1S/C7H9N3O.ClH/c1-8-7(11)9-10-5-3-2-4-6-10;/h2-6H,1H3,(H-,8,9,11);1H. The van der Waals surface area contributed by atoms with Gasteiger partial charge in [0.2, 0.25) is 0 Å². The fraction of sp³-hybridized carbons (Fsp3) is 0.143. The zero-order chi connectivity index (χ0) is 8.10. The van der Waals surface area contributed by atoms with E-state index < -0.39 is 0 Å². The Kier molecular flexibility index (Phi) is 4.79. The second-order valence-corrected chi connectivity index (χ2v) is 1.97. The number of amides is 2. The minimum Gasteiger partial charge on any atom is -1.00 e. The Hall–Kier alpha value is -1.29. The highest BCUT2D eigenvalue weighted by Crippen LogP contribution is 1.73. The molecule has 1 aromatic rings. The summed E-state index contributed by atoms with van der Waals surface area (Å²) in [7, 11) is 1.57. The Balaban J connectivity index is 0.00000121. The summed E-state index contributed by atoms with van der Waals surface area (Å²) in [6, 6.07) is 5.30. The Labute approximate surface area is 77.0 Å². The van der Waals surface area contributed by atoms with Crippen LogP contribution in [0.4, 0.5) is 4.79 Å². The van der Waals surface area contributed by atoms with Gasteiger partial charge in [0.05, 0.1) is 0 Å². The molecule has 12 heavy (non-hydrogen) atoms. The number of carbonyl (C=O) groups is 1. The molecule has 4 nitrogen and oxygen atoms in total. The van der Waals surface area contributed by atoms with E-state index in [0.29, 0.717) is 0 Å². The summed E-state index contributed by atoms with van der Waals surface area (Å²) in [5, 5.41) is 2.44. The van der Waals surface area contributed by atoms with Gasteiger partial charge < -0.3 is 17.7 Å². The van der Waals surface area contributed by atoms with Gasteiger partial charge in [-0.3, -0.25) is 0 Å². The molecule has 0 saturated carbocycles. The van der Waals surface area contributed by atoms with Crippen LogP contribution in [0.1, 0.15) is 0 Å². The average Bonchev–Trinajstić information content (AvgIpc) is 2.06. The van der Waals surface area contributed by atoms with Crippen LogP contribution in [0.3, 0.4) is 0 Å². The first-order chi connectivity index (χ1) is 5.33. The Morgan fingerprint density at radius 1 is 1.25 bits per heavy atom. The second kappa shape index (κ2) is 5.37. The summed E-state index contributed by atoms with van der Waals surface area (Å²) in [4.78, 5) is 10.7. The molecule has 0 spiro atoms. The van der Waals surface area contributed by atoms with Gasteiger partial charge in [-0.25, -0.2) is 4.79 Å². The van der Waals surface area contributed by atoms with E-state index in [-0.39, 0.29) is 18.4 Å². The van der Waals surface area contributed by atoms with Gasteiger partial charge in [-0.2, -0.15) is 0 Å². The van der Waals surface area contributed by atoms with Gasteiger partial charge in [0.15, 0.2) is 12.4 Å². The van der Waals surface area contributed by atoms with E-state index in [2.05, 4.69) is 10.7 Å². The van der Waals surface area contributed by atoms with Crippen LogP contribution >= 0.6 is 0 Å². The zero-order valence-electron chi connectivity index (χ0n) is 6.62. The number of nitrogens with one attached hydrogen (secondary N) is 2. The van der Waals surface area contributed by atoms with E-state index in [1.54, 1.807) is 24.1 Å². The SMILES string of the molecule is CNC(=O)N[n+]1ccccc1.[Cl-]. The number of hydrogen-bond donors (Lipinski definition) is 2. The highest BCUT2D eigenvalue weighted by Gasteiger charge is 2.01. The van der Waals surface area contributed by atoms with E-state index in [1.165, 1.54) is 0 Å². The zero-order valence-corrected chi connectivity index (χ0v) is 7.38. The van der Waals surface area contributed by atoms with Gasteiger partial charge in [-0.15, -0.1) is 5.43 Å². The van der Waals surface area contributed by atoms with Crippen molar-refractivity contribution in [3.8, 4) is 0 Å². The van der Waals surface area contributed by atoms with Crippen molar-refractivity contribution in [2.24, 2.45) is 0 Å². The van der Waals surface area contributed by atoms with Gasteiger partial charge in [0.1, 0.15) is 0 Å². The fourth-order valence-electron chi connectivity index (χ4n) is 0.646. The molecule has 0 fully saturated rings. The second-order valence-electron chi connectivity index (χ2n) is 1.97. The molecule has 0 aliphatic heterocycles. The van der Waals surface area contributed by atoms with Crippen LogP contribution in [-0.4, -0.2) is 13.1 Å². The summed E-state index contributed by atoms with van der Waals surface area (Å²) in [5.41, 5.74) is 2.56. The molecule has 2 N–H and O–H groups in total. The Bertz CT molecular complexity index is 240. The number of urea groups is 1. The molecular formula is C7H10ClN3O. The number of carbonyl (C=O) groups excluding carboxylic acids is 1. The predicted molar refractivity (Wildman–Crippen MR) is 40.5 cm³/mol. The quantitative estimate of drug-likeness (QED) is 0.449. The van der Waals surface area contributed by atoms with E-state index >= 15 is 0 Å². The van der Waals surface area contributed by atoms with Crippen LogP contribution in [0.15, 0.2) is 30.6 Å². The number of nitrogens with zero attached hydrogens (tertiary/aromatic N) is 1. The lowest BCUT2D eigenvalue weighted by Crippen LogP contribution is -3.00. The summed E-state index contributed by atoms with van der Waals surface area (Å²) in [6.45, 7) is 0. The minimum atomic E-state index is -0.235. The number of hydrogen-bond acceptors (Lipinski definition) is 1. The van der Waals surface area contributed by atoms with Crippen LogP contribution in [0.5, 0.6) is 0 Å². The van der Waals surface area contributed by atoms with Gasteiger partial charge >= 0.3 is 6.03 Å². The molecule has 0 saturated heterocycles. The molecule has 2 amide bonds. The van der Waals surface area contributed by atoms with Gasteiger partial charge in [0, 0.05) is 19.2 Å². The molecule has 1 rings (SSSR count). The molecule has 66 valence electrons. The summed E-state index contributed by atoms with van der Waals surface area (Å²) >= 11 is 0. The molecule has 0 unspecified atom stereocenters. The van der Waals surface area contributed by atoms with Crippen molar-refractivity contribution >= 4 is 6.03 Å². The van der Waals surface area contributed by atoms with E-state index in [0.717, 1.165) is 0 Å². The van der Waals surface area contributed by atoms with Crippen molar-refractivity contribution < 1.29 is 21.9 Å². The Morgan fingerprint density at radius 3 is 2.33 bits per heavy atom. The van der Waals surface area contributed by atoms with Crippen molar-refractivity contribution in [2.75, 3.05) is 12.5 Å². The van der Waals surface area contributed by atoms with E-state index in [4.69, 9.17) is 0 Å². The molecule has 1 aromatic heterocycles. The average molecular weight is 188 g/mol. The maximum absolute atomic E-state index is 10.7. The number of aromatic nitrogens is 1. The molecule has 0 aliphatic carbocycles. The molecular weight excluding hydrogens is 178 g/mol. The molecule has 0 aromatic carbocycles. The first-order valence-electron chi connectivity index (χ1n) is 3.28. The van der Waals surface area contributed by atoms with Crippen molar-refractivity contribution in [1.29, 1.82) is 0 Å². The number of pyridine rings is 1. The largest absolute Gasteiger partial charge is 1.00 e. The van der Waals surface area contributed by atoms with Crippen LogP contribution in [-0.2, 0) is 0 Å². The van der Waals surface area contributed by atoms with Crippen LogP contribution in [0.25, 0.3) is 0 Å². The maximum atomic E-state index is 10.7. The summed E-state index contributed by atoms with van der Waals surface area (Å²) < 4.78 is 1.57. The minimum absolute atomic E-state index is 0. The number of rotatable bonds is 1. The highest BCUT2D eigenvalue weighted by atomic mass is 35.5. The van der Waals surface area contributed by atoms with Gasteiger partial charge in [-0.05, 0) is 0 Å². The molecule has 0 atom stereocenters. The van der Waals surface area contributed by atoms with Gasteiger partial charge in [-0.1, -0.05) is 10.7 Å². The third kappa shape index (κ3) is 3.21. The lowest BCUT2D eigenvalue weighted by Gasteiger charge is -1.95. The molecule has 0 bridgehead atoms. The first-order valence-corrected chi connectivity index (χ1v) is 3.28. The fourth-order valence-corrected chi connectivity index (χ4v) is 0.646. The van der Waals surface area contributed by atoms with E-state index in [1.807, 2.05) is 18.2 Å². The van der Waals surface area contributed by atoms with Crippen molar-refractivity contribution in [3.05, 3.63) is 30.6 Å².